The lowest BCUT2D eigenvalue weighted by Crippen LogP contribution is -2.30. The number of hydrogen-bond acceptors (Lipinski definition) is 4. The van der Waals surface area contributed by atoms with Gasteiger partial charge in [-0.15, -0.1) is 0 Å². The molecule has 0 saturated heterocycles. The SMILES string of the molecule is Cc1nn(-c2ccc(F)cc2)c(Cl)c1C(=O)OCC(=O)NCCc1ccc(F)cc1. The van der Waals surface area contributed by atoms with Crippen molar-refractivity contribution in [3.8, 4) is 5.69 Å². The van der Waals surface area contributed by atoms with E-state index in [9.17, 15) is 18.4 Å². The number of aryl methyl sites for hydroxylation is 1. The highest BCUT2D eigenvalue weighted by Crippen LogP contribution is 2.24. The summed E-state index contributed by atoms with van der Waals surface area (Å²) in [5, 5.41) is 6.80. The van der Waals surface area contributed by atoms with E-state index >= 15 is 0 Å². The molecule has 1 amide bonds. The third-order valence-electron chi connectivity index (χ3n) is 4.26. The second-order valence-corrected chi connectivity index (χ2v) is 6.80. The second kappa shape index (κ2) is 9.49. The van der Waals surface area contributed by atoms with E-state index in [4.69, 9.17) is 16.3 Å². The van der Waals surface area contributed by atoms with Crippen LogP contribution in [-0.4, -0.2) is 34.8 Å². The average molecular weight is 434 g/mol. The van der Waals surface area contributed by atoms with Crippen molar-refractivity contribution in [2.24, 2.45) is 0 Å². The topological polar surface area (TPSA) is 73.2 Å². The lowest BCUT2D eigenvalue weighted by atomic mass is 10.1. The van der Waals surface area contributed by atoms with Gasteiger partial charge in [0.2, 0.25) is 0 Å². The Hall–Kier alpha value is -3.26. The molecule has 9 heteroatoms. The van der Waals surface area contributed by atoms with Crippen molar-refractivity contribution in [2.75, 3.05) is 13.2 Å². The monoisotopic (exact) mass is 433 g/mol. The minimum absolute atomic E-state index is 0.000765. The highest BCUT2D eigenvalue weighted by Gasteiger charge is 2.23. The molecule has 3 aromatic rings. The van der Waals surface area contributed by atoms with Gasteiger partial charge in [-0.1, -0.05) is 23.7 Å². The number of nitrogens with zero attached hydrogens (tertiary/aromatic N) is 2. The van der Waals surface area contributed by atoms with Gasteiger partial charge in [0.15, 0.2) is 6.61 Å². The van der Waals surface area contributed by atoms with Crippen molar-refractivity contribution >= 4 is 23.5 Å². The molecule has 30 heavy (non-hydrogen) atoms. The van der Waals surface area contributed by atoms with Crippen molar-refractivity contribution in [3.05, 3.63) is 82.1 Å². The third-order valence-corrected chi connectivity index (χ3v) is 4.61. The van der Waals surface area contributed by atoms with Crippen molar-refractivity contribution < 1.29 is 23.1 Å². The molecule has 0 aliphatic rings. The summed E-state index contributed by atoms with van der Waals surface area (Å²) >= 11 is 6.26. The molecule has 0 atom stereocenters. The lowest BCUT2D eigenvalue weighted by molar-refractivity contribution is -0.124. The van der Waals surface area contributed by atoms with Gasteiger partial charge in [-0.2, -0.15) is 5.10 Å². The molecule has 1 aromatic heterocycles. The predicted molar refractivity (Wildman–Crippen MR) is 107 cm³/mol. The number of rotatable bonds is 7. The Labute approximate surface area is 176 Å². The zero-order valence-corrected chi connectivity index (χ0v) is 16.7. The highest BCUT2D eigenvalue weighted by atomic mass is 35.5. The van der Waals surface area contributed by atoms with Crippen LogP contribution in [0.3, 0.4) is 0 Å². The van der Waals surface area contributed by atoms with Crippen molar-refractivity contribution in [2.45, 2.75) is 13.3 Å². The minimum atomic E-state index is -0.792. The molecule has 0 fully saturated rings. The van der Waals surface area contributed by atoms with Crippen LogP contribution in [0.4, 0.5) is 8.78 Å². The summed E-state index contributed by atoms with van der Waals surface area (Å²) in [5.41, 5.74) is 1.68. The largest absolute Gasteiger partial charge is 0.452 e. The molecule has 1 heterocycles. The molecular weight excluding hydrogens is 416 g/mol. The number of benzene rings is 2. The Morgan fingerprint density at radius 1 is 1.07 bits per heavy atom. The number of carbonyl (C=O) groups excluding carboxylic acids is 2. The molecule has 1 N–H and O–H groups in total. The number of esters is 1. The molecule has 0 saturated carbocycles. The van der Waals surface area contributed by atoms with E-state index in [0.717, 1.165) is 5.56 Å². The van der Waals surface area contributed by atoms with Gasteiger partial charge >= 0.3 is 5.97 Å². The number of aromatic nitrogens is 2. The molecule has 0 spiro atoms. The summed E-state index contributed by atoms with van der Waals surface area (Å²) in [7, 11) is 0. The van der Waals surface area contributed by atoms with E-state index in [1.807, 2.05) is 0 Å². The van der Waals surface area contributed by atoms with Gasteiger partial charge in [0, 0.05) is 6.54 Å². The first-order valence-electron chi connectivity index (χ1n) is 9.04. The van der Waals surface area contributed by atoms with Crippen LogP contribution in [0.25, 0.3) is 5.69 Å². The van der Waals surface area contributed by atoms with Crippen LogP contribution in [0.1, 0.15) is 21.6 Å². The van der Waals surface area contributed by atoms with E-state index in [2.05, 4.69) is 10.4 Å². The van der Waals surface area contributed by atoms with Gasteiger partial charge in [0.05, 0.1) is 11.4 Å². The Bertz CT molecular complexity index is 1050. The van der Waals surface area contributed by atoms with Crippen molar-refractivity contribution in [1.29, 1.82) is 0 Å². The quantitative estimate of drug-likeness (QED) is 0.577. The summed E-state index contributed by atoms with van der Waals surface area (Å²) in [4.78, 5) is 24.3. The number of halogens is 3. The average Bonchev–Trinajstić information content (AvgIpc) is 3.02. The molecule has 0 radical (unpaired) electrons. The first kappa shape index (κ1) is 21.4. The van der Waals surface area contributed by atoms with Crippen LogP contribution in [0, 0.1) is 18.6 Å². The van der Waals surface area contributed by atoms with E-state index in [1.54, 1.807) is 19.1 Å². The van der Waals surface area contributed by atoms with Gasteiger partial charge in [0.1, 0.15) is 22.4 Å². The van der Waals surface area contributed by atoms with Crippen molar-refractivity contribution in [1.82, 2.24) is 15.1 Å². The smallest absolute Gasteiger partial charge is 0.343 e. The maximum Gasteiger partial charge on any atom is 0.343 e. The van der Waals surface area contributed by atoms with Gasteiger partial charge < -0.3 is 10.1 Å². The maximum atomic E-state index is 13.1. The fourth-order valence-corrected chi connectivity index (χ4v) is 3.09. The number of amides is 1. The van der Waals surface area contributed by atoms with Crippen LogP contribution in [0.15, 0.2) is 48.5 Å². The zero-order chi connectivity index (χ0) is 21.7. The van der Waals surface area contributed by atoms with Crippen LogP contribution >= 0.6 is 11.6 Å². The molecular formula is C21H18ClF2N3O3. The lowest BCUT2D eigenvalue weighted by Gasteiger charge is -2.07. The predicted octanol–water partition coefficient (Wildman–Crippen LogP) is 3.63. The number of nitrogens with one attached hydrogen (secondary N) is 1. The first-order valence-corrected chi connectivity index (χ1v) is 9.42. The van der Waals surface area contributed by atoms with E-state index in [0.29, 0.717) is 24.3 Å². The summed E-state index contributed by atoms with van der Waals surface area (Å²) in [6, 6.07) is 11.4. The second-order valence-electron chi connectivity index (χ2n) is 6.44. The minimum Gasteiger partial charge on any atom is -0.452 e. The Morgan fingerprint density at radius 2 is 1.67 bits per heavy atom. The van der Waals surface area contributed by atoms with Crippen molar-refractivity contribution in [3.63, 3.8) is 0 Å². The molecule has 0 bridgehead atoms. The number of hydrogen-bond donors (Lipinski definition) is 1. The van der Waals surface area contributed by atoms with Gasteiger partial charge in [-0.05, 0) is 55.3 Å². The Kier molecular flexibility index (Phi) is 6.79. The van der Waals surface area contributed by atoms with Gasteiger partial charge in [0.25, 0.3) is 5.91 Å². The fourth-order valence-electron chi connectivity index (χ4n) is 2.74. The maximum absolute atomic E-state index is 13.1. The van der Waals surface area contributed by atoms with Gasteiger partial charge in [-0.3, -0.25) is 4.79 Å². The molecule has 0 unspecified atom stereocenters. The van der Waals surface area contributed by atoms with Crippen LogP contribution in [0.5, 0.6) is 0 Å². The number of carbonyl (C=O) groups is 2. The third kappa shape index (κ3) is 5.21. The van der Waals surface area contributed by atoms with Gasteiger partial charge in [-0.25, -0.2) is 18.3 Å². The van der Waals surface area contributed by atoms with E-state index in [1.165, 1.54) is 41.1 Å². The zero-order valence-electron chi connectivity index (χ0n) is 16.0. The van der Waals surface area contributed by atoms with E-state index in [-0.39, 0.29) is 16.5 Å². The Morgan fingerprint density at radius 3 is 2.30 bits per heavy atom. The van der Waals surface area contributed by atoms with Crippen LogP contribution < -0.4 is 5.32 Å². The van der Waals surface area contributed by atoms with Crippen LogP contribution in [0.2, 0.25) is 5.15 Å². The highest BCUT2D eigenvalue weighted by molar-refractivity contribution is 6.33. The molecule has 0 aliphatic heterocycles. The normalized spacial score (nSPS) is 10.7. The van der Waals surface area contributed by atoms with E-state index < -0.39 is 24.3 Å². The molecule has 6 nitrogen and oxygen atoms in total. The summed E-state index contributed by atoms with van der Waals surface area (Å²) in [5.74, 6) is -2.01. The first-order chi connectivity index (χ1) is 14.3. The molecule has 0 aliphatic carbocycles. The van der Waals surface area contributed by atoms with Crippen LogP contribution in [-0.2, 0) is 16.0 Å². The standard InChI is InChI=1S/C21H18ClF2N3O3/c1-13-19(20(22)27(26-13)17-8-6-16(24)7-9-17)21(29)30-12-18(28)25-11-10-14-2-4-15(23)5-3-14/h2-9H,10-12H2,1H3,(H,25,28). The summed E-state index contributed by atoms with van der Waals surface area (Å²) < 4.78 is 32.3. The molecule has 156 valence electrons. The summed E-state index contributed by atoms with van der Waals surface area (Å²) in [6.45, 7) is 1.40. The Balaban J connectivity index is 1.55. The fraction of sp³-hybridized carbons (Fsp3) is 0.190. The molecule has 2 aromatic carbocycles. The summed E-state index contributed by atoms with van der Waals surface area (Å²) in [6.07, 6.45) is 0.509. The molecule has 3 rings (SSSR count). The number of ether oxygens (including phenoxy) is 1.